The topological polar surface area (TPSA) is 37.4 Å². The first kappa shape index (κ1) is 8.73. The van der Waals surface area contributed by atoms with E-state index in [0.717, 1.165) is 6.54 Å². The zero-order valence-corrected chi connectivity index (χ0v) is 7.79. The van der Waals surface area contributed by atoms with Gasteiger partial charge in [-0.25, -0.2) is 0 Å². The van der Waals surface area contributed by atoms with E-state index in [4.69, 9.17) is 0 Å². The molecule has 0 bridgehead atoms. The van der Waals surface area contributed by atoms with Crippen LogP contribution in [0.4, 0.5) is 0 Å². The fourth-order valence-electron chi connectivity index (χ4n) is 2.30. The summed E-state index contributed by atoms with van der Waals surface area (Å²) in [6.45, 7) is 1.48. The van der Waals surface area contributed by atoms with E-state index >= 15 is 0 Å². The van der Waals surface area contributed by atoms with Crippen LogP contribution in [0.15, 0.2) is 0 Å². The van der Waals surface area contributed by atoms with Crippen LogP contribution in [0.5, 0.6) is 0 Å². The average molecular weight is 181 g/mol. The van der Waals surface area contributed by atoms with Gasteiger partial charge in [-0.05, 0) is 18.8 Å². The van der Waals surface area contributed by atoms with Gasteiger partial charge >= 0.3 is 0 Å². The Morgan fingerprint density at radius 2 is 1.92 bits per heavy atom. The van der Waals surface area contributed by atoms with E-state index < -0.39 is 0 Å². The maximum atomic E-state index is 11.3. The van der Waals surface area contributed by atoms with Crippen molar-refractivity contribution in [1.29, 1.82) is 0 Å². The Hall–Kier alpha value is -0.860. The number of likely N-dealkylation sites (tertiary alicyclic amines) is 1. The number of nitrogens with zero attached hydrogens (tertiary/aromatic N) is 1. The van der Waals surface area contributed by atoms with Crippen molar-refractivity contribution in [3.63, 3.8) is 0 Å². The number of Topliss-reactive ketones (excluding diaryl/α,β-unsaturated/α-hetero) is 1. The molecule has 1 aliphatic heterocycles. The molecular formula is C10H15NO2. The van der Waals surface area contributed by atoms with E-state index in [1.807, 2.05) is 0 Å². The Kier molecular flexibility index (Phi) is 2.34. The molecule has 0 unspecified atom stereocenters. The Morgan fingerprint density at radius 3 is 2.46 bits per heavy atom. The molecule has 0 N–H and O–H groups in total. The summed E-state index contributed by atoms with van der Waals surface area (Å²) in [6.07, 6.45) is 5.49. The van der Waals surface area contributed by atoms with Gasteiger partial charge in [-0.15, -0.1) is 0 Å². The molecule has 72 valence electrons. The smallest absolute Gasteiger partial charge is 0.290 e. The van der Waals surface area contributed by atoms with Crippen LogP contribution in [0, 0.1) is 5.92 Å². The van der Waals surface area contributed by atoms with Crippen molar-refractivity contribution in [3.05, 3.63) is 0 Å². The molecule has 2 fully saturated rings. The van der Waals surface area contributed by atoms with E-state index in [9.17, 15) is 9.59 Å². The minimum Gasteiger partial charge on any atom is -0.335 e. The predicted molar refractivity (Wildman–Crippen MR) is 48.2 cm³/mol. The molecule has 1 saturated heterocycles. The number of hydrogen-bond donors (Lipinski definition) is 0. The molecule has 1 amide bonds. The minimum atomic E-state index is -0.244. The summed E-state index contributed by atoms with van der Waals surface area (Å²) < 4.78 is 0. The maximum Gasteiger partial charge on any atom is 0.290 e. The van der Waals surface area contributed by atoms with Gasteiger partial charge in [0.15, 0.2) is 0 Å². The van der Waals surface area contributed by atoms with E-state index in [-0.39, 0.29) is 11.7 Å². The molecule has 0 aromatic rings. The Morgan fingerprint density at radius 1 is 1.23 bits per heavy atom. The second-order valence-electron chi connectivity index (χ2n) is 4.07. The second kappa shape index (κ2) is 3.48. The first-order valence-corrected chi connectivity index (χ1v) is 5.09. The van der Waals surface area contributed by atoms with Gasteiger partial charge in [-0.3, -0.25) is 9.59 Å². The van der Waals surface area contributed by atoms with Gasteiger partial charge in [0.25, 0.3) is 5.91 Å². The molecular weight excluding hydrogens is 166 g/mol. The Bertz CT molecular complexity index is 231. The SMILES string of the molecule is O=C1CCN(CC2CCCC2)C1=O. The van der Waals surface area contributed by atoms with Crippen LogP contribution in [0.25, 0.3) is 0 Å². The fraction of sp³-hybridized carbons (Fsp3) is 0.800. The highest BCUT2D eigenvalue weighted by Crippen LogP contribution is 2.26. The molecule has 0 aromatic carbocycles. The lowest BCUT2D eigenvalue weighted by atomic mass is 10.1. The molecule has 1 saturated carbocycles. The maximum absolute atomic E-state index is 11.3. The quantitative estimate of drug-likeness (QED) is 0.595. The van der Waals surface area contributed by atoms with Crippen molar-refractivity contribution in [2.75, 3.05) is 13.1 Å². The number of amides is 1. The fourth-order valence-corrected chi connectivity index (χ4v) is 2.30. The van der Waals surface area contributed by atoms with Crippen molar-refractivity contribution < 1.29 is 9.59 Å². The lowest BCUT2D eigenvalue weighted by Gasteiger charge is -2.18. The van der Waals surface area contributed by atoms with E-state index in [1.54, 1.807) is 4.90 Å². The highest BCUT2D eigenvalue weighted by atomic mass is 16.2. The van der Waals surface area contributed by atoms with Crippen molar-refractivity contribution in [2.24, 2.45) is 5.92 Å². The summed E-state index contributed by atoms with van der Waals surface area (Å²) >= 11 is 0. The molecule has 0 aromatic heterocycles. The number of ketones is 1. The first-order valence-electron chi connectivity index (χ1n) is 5.09. The lowest BCUT2D eigenvalue weighted by molar-refractivity contribution is -0.140. The second-order valence-corrected chi connectivity index (χ2v) is 4.07. The van der Waals surface area contributed by atoms with Crippen LogP contribution in [-0.2, 0) is 9.59 Å². The Balaban J connectivity index is 1.87. The highest BCUT2D eigenvalue weighted by molar-refractivity contribution is 6.37. The average Bonchev–Trinajstić information content (AvgIpc) is 2.71. The standard InChI is InChI=1S/C10H15NO2/c12-9-5-6-11(10(9)13)7-8-3-1-2-4-8/h8H,1-7H2. The van der Waals surface area contributed by atoms with Gasteiger partial charge in [-0.2, -0.15) is 0 Å². The molecule has 2 rings (SSSR count). The van der Waals surface area contributed by atoms with Gasteiger partial charge < -0.3 is 4.90 Å². The summed E-state index contributed by atoms with van der Waals surface area (Å²) in [5, 5.41) is 0. The van der Waals surface area contributed by atoms with Gasteiger partial charge in [-0.1, -0.05) is 12.8 Å². The van der Waals surface area contributed by atoms with Crippen LogP contribution in [0.2, 0.25) is 0 Å². The summed E-state index contributed by atoms with van der Waals surface area (Å²) in [6, 6.07) is 0. The van der Waals surface area contributed by atoms with Gasteiger partial charge in [0.05, 0.1) is 0 Å². The molecule has 3 nitrogen and oxygen atoms in total. The minimum absolute atomic E-state index is 0.196. The van der Waals surface area contributed by atoms with Crippen LogP contribution < -0.4 is 0 Å². The normalized spacial score (nSPS) is 24.8. The third kappa shape index (κ3) is 1.74. The van der Waals surface area contributed by atoms with Crippen LogP contribution >= 0.6 is 0 Å². The van der Waals surface area contributed by atoms with E-state index in [2.05, 4.69) is 0 Å². The summed E-state index contributed by atoms with van der Waals surface area (Å²) in [7, 11) is 0. The highest BCUT2D eigenvalue weighted by Gasteiger charge is 2.31. The summed E-state index contributed by atoms with van der Waals surface area (Å²) in [5.74, 6) is 0.222. The van der Waals surface area contributed by atoms with E-state index in [1.165, 1.54) is 25.7 Å². The zero-order chi connectivity index (χ0) is 9.26. The van der Waals surface area contributed by atoms with Crippen LogP contribution in [-0.4, -0.2) is 29.7 Å². The van der Waals surface area contributed by atoms with E-state index in [0.29, 0.717) is 18.9 Å². The summed E-state index contributed by atoms with van der Waals surface area (Å²) in [4.78, 5) is 24.0. The monoisotopic (exact) mass is 181 g/mol. The first-order chi connectivity index (χ1) is 6.27. The molecule has 0 atom stereocenters. The largest absolute Gasteiger partial charge is 0.335 e. The number of carbonyl (C=O) groups is 2. The van der Waals surface area contributed by atoms with Crippen LogP contribution in [0.3, 0.4) is 0 Å². The van der Waals surface area contributed by atoms with Gasteiger partial charge in [0, 0.05) is 19.5 Å². The Labute approximate surface area is 78.1 Å². The molecule has 0 radical (unpaired) electrons. The number of carbonyl (C=O) groups excluding carboxylic acids is 2. The van der Waals surface area contributed by atoms with Gasteiger partial charge in [0.1, 0.15) is 0 Å². The van der Waals surface area contributed by atoms with Gasteiger partial charge in [0.2, 0.25) is 5.78 Å². The predicted octanol–water partition coefficient (Wildman–Crippen LogP) is 0.978. The molecule has 1 heterocycles. The van der Waals surface area contributed by atoms with Crippen molar-refractivity contribution in [2.45, 2.75) is 32.1 Å². The molecule has 0 spiro atoms. The molecule has 3 heteroatoms. The lowest BCUT2D eigenvalue weighted by Crippen LogP contribution is -2.31. The number of hydrogen-bond acceptors (Lipinski definition) is 2. The zero-order valence-electron chi connectivity index (χ0n) is 7.79. The molecule has 2 aliphatic rings. The molecule has 13 heavy (non-hydrogen) atoms. The number of rotatable bonds is 2. The molecule has 1 aliphatic carbocycles. The van der Waals surface area contributed by atoms with Crippen LogP contribution in [0.1, 0.15) is 32.1 Å². The van der Waals surface area contributed by atoms with Crippen molar-refractivity contribution in [1.82, 2.24) is 4.90 Å². The third-order valence-corrected chi connectivity index (χ3v) is 3.09. The summed E-state index contributed by atoms with van der Waals surface area (Å²) in [5.41, 5.74) is 0. The van der Waals surface area contributed by atoms with Crippen molar-refractivity contribution >= 4 is 11.7 Å². The van der Waals surface area contributed by atoms with Crippen molar-refractivity contribution in [3.8, 4) is 0 Å². The third-order valence-electron chi connectivity index (χ3n) is 3.09.